The van der Waals surface area contributed by atoms with Crippen molar-refractivity contribution in [2.24, 2.45) is 0 Å². The number of nitrogens with one attached hydrogen (secondary N) is 1. The third-order valence-corrected chi connectivity index (χ3v) is 3.23. The molecule has 0 saturated heterocycles. The molecule has 4 N–H and O–H groups in total. The van der Waals surface area contributed by atoms with Crippen molar-refractivity contribution < 1.29 is 20.1 Å². The molecule has 0 heterocycles. The number of carboxylic acids is 1. The van der Waals surface area contributed by atoms with Crippen molar-refractivity contribution in [2.45, 2.75) is 44.8 Å². The first-order valence-electron chi connectivity index (χ1n) is 6.89. The first-order chi connectivity index (χ1) is 9.49. The van der Waals surface area contributed by atoms with Crippen molar-refractivity contribution in [3.05, 3.63) is 29.8 Å². The van der Waals surface area contributed by atoms with Gasteiger partial charge in [0.1, 0.15) is 5.75 Å². The number of hydrogen-bond donors (Lipinski definition) is 4. The number of benzene rings is 1. The fourth-order valence-corrected chi connectivity index (χ4v) is 2.22. The summed E-state index contributed by atoms with van der Waals surface area (Å²) in [5.74, 6) is -0.597. The molecule has 20 heavy (non-hydrogen) atoms. The highest BCUT2D eigenvalue weighted by molar-refractivity contribution is 5.62. The highest BCUT2D eigenvalue weighted by atomic mass is 16.4. The molecule has 1 unspecified atom stereocenters. The first kappa shape index (κ1) is 16.5. The van der Waals surface area contributed by atoms with Crippen LogP contribution in [0.3, 0.4) is 0 Å². The summed E-state index contributed by atoms with van der Waals surface area (Å²) in [5, 5.41) is 29.9. The standard InChI is InChI=1S/C13H19NO2.C2H4O2/c15-12-7-5-10(6-8-12)13(16)9-14-11-3-1-2-4-11;1-2(3)4/h5-8,11,13-16H,1-4,9H2;1H3,(H,3,4). The van der Waals surface area contributed by atoms with Gasteiger partial charge in [-0.2, -0.15) is 0 Å². The van der Waals surface area contributed by atoms with Gasteiger partial charge in [-0.3, -0.25) is 4.79 Å². The number of aliphatic carboxylic acids is 1. The molecule has 1 aliphatic carbocycles. The maximum Gasteiger partial charge on any atom is 0.300 e. The Balaban J connectivity index is 0.000000444. The summed E-state index contributed by atoms with van der Waals surface area (Å²) in [6, 6.07) is 7.31. The Labute approximate surface area is 119 Å². The summed E-state index contributed by atoms with van der Waals surface area (Å²) in [5.41, 5.74) is 0.850. The van der Waals surface area contributed by atoms with Crippen molar-refractivity contribution in [3.8, 4) is 5.75 Å². The van der Waals surface area contributed by atoms with Gasteiger partial charge < -0.3 is 20.6 Å². The Morgan fingerprint density at radius 1 is 1.30 bits per heavy atom. The molecule has 5 heteroatoms. The van der Waals surface area contributed by atoms with E-state index in [1.165, 1.54) is 25.7 Å². The van der Waals surface area contributed by atoms with E-state index in [2.05, 4.69) is 5.32 Å². The third-order valence-electron chi connectivity index (χ3n) is 3.23. The zero-order valence-corrected chi connectivity index (χ0v) is 11.7. The Hall–Kier alpha value is -1.59. The SMILES string of the molecule is CC(=O)O.Oc1ccc(C(O)CNC2CCCC2)cc1. The second kappa shape index (κ2) is 8.55. The molecule has 1 aromatic rings. The van der Waals surface area contributed by atoms with Gasteiger partial charge in [0.15, 0.2) is 0 Å². The molecule has 1 atom stereocenters. The van der Waals surface area contributed by atoms with Crippen LogP contribution in [0.2, 0.25) is 0 Å². The van der Waals surface area contributed by atoms with E-state index >= 15 is 0 Å². The summed E-state index contributed by atoms with van der Waals surface area (Å²) in [7, 11) is 0. The van der Waals surface area contributed by atoms with Gasteiger partial charge in [-0.05, 0) is 30.5 Å². The molecule has 0 amide bonds. The Morgan fingerprint density at radius 2 is 1.80 bits per heavy atom. The number of carbonyl (C=O) groups is 1. The number of aromatic hydroxyl groups is 1. The lowest BCUT2D eigenvalue weighted by molar-refractivity contribution is -0.134. The number of rotatable bonds is 4. The fraction of sp³-hybridized carbons (Fsp3) is 0.533. The van der Waals surface area contributed by atoms with Crippen molar-refractivity contribution >= 4 is 5.97 Å². The van der Waals surface area contributed by atoms with Gasteiger partial charge in [0.05, 0.1) is 6.10 Å². The number of aliphatic hydroxyl groups excluding tert-OH is 1. The lowest BCUT2D eigenvalue weighted by Gasteiger charge is -2.16. The lowest BCUT2D eigenvalue weighted by atomic mass is 10.1. The third kappa shape index (κ3) is 6.54. The van der Waals surface area contributed by atoms with Gasteiger partial charge in [0, 0.05) is 19.5 Å². The molecule has 0 radical (unpaired) electrons. The van der Waals surface area contributed by atoms with Crippen LogP contribution >= 0.6 is 0 Å². The van der Waals surface area contributed by atoms with E-state index in [4.69, 9.17) is 15.0 Å². The minimum absolute atomic E-state index is 0.236. The smallest absolute Gasteiger partial charge is 0.300 e. The predicted molar refractivity (Wildman–Crippen MR) is 76.6 cm³/mol. The summed E-state index contributed by atoms with van der Waals surface area (Å²) >= 11 is 0. The van der Waals surface area contributed by atoms with Crippen LogP contribution in [0.15, 0.2) is 24.3 Å². The van der Waals surface area contributed by atoms with E-state index in [0.29, 0.717) is 12.6 Å². The molecule has 0 bridgehead atoms. The lowest BCUT2D eigenvalue weighted by Crippen LogP contribution is -2.30. The van der Waals surface area contributed by atoms with E-state index in [1.807, 2.05) is 0 Å². The number of aliphatic hydroxyl groups is 1. The van der Waals surface area contributed by atoms with Crippen LogP contribution in [0.1, 0.15) is 44.3 Å². The Bertz CT molecular complexity index is 395. The second-order valence-electron chi connectivity index (χ2n) is 5.02. The van der Waals surface area contributed by atoms with Gasteiger partial charge in [-0.15, -0.1) is 0 Å². The molecule has 1 saturated carbocycles. The molecular formula is C15H23NO4. The average Bonchev–Trinajstić information content (AvgIpc) is 2.89. The van der Waals surface area contributed by atoms with Gasteiger partial charge in [0.25, 0.3) is 5.97 Å². The van der Waals surface area contributed by atoms with Crippen LogP contribution in [0, 0.1) is 0 Å². The Morgan fingerprint density at radius 3 is 2.30 bits per heavy atom. The average molecular weight is 281 g/mol. The van der Waals surface area contributed by atoms with Crippen LogP contribution < -0.4 is 5.32 Å². The van der Waals surface area contributed by atoms with Crippen LogP contribution in [0.5, 0.6) is 5.75 Å². The van der Waals surface area contributed by atoms with E-state index in [-0.39, 0.29) is 5.75 Å². The summed E-state index contributed by atoms with van der Waals surface area (Å²) in [6.45, 7) is 1.68. The molecule has 1 fully saturated rings. The van der Waals surface area contributed by atoms with E-state index in [1.54, 1.807) is 24.3 Å². The van der Waals surface area contributed by atoms with Crippen molar-refractivity contribution in [1.29, 1.82) is 0 Å². The van der Waals surface area contributed by atoms with Gasteiger partial charge in [-0.1, -0.05) is 25.0 Å². The first-order valence-corrected chi connectivity index (χ1v) is 6.89. The minimum atomic E-state index is -0.833. The van der Waals surface area contributed by atoms with Gasteiger partial charge in [-0.25, -0.2) is 0 Å². The van der Waals surface area contributed by atoms with Crippen molar-refractivity contribution in [2.75, 3.05) is 6.54 Å². The molecule has 0 aliphatic heterocycles. The van der Waals surface area contributed by atoms with Crippen LogP contribution in [0.4, 0.5) is 0 Å². The maximum atomic E-state index is 9.93. The molecule has 112 valence electrons. The summed E-state index contributed by atoms with van der Waals surface area (Å²) in [6.07, 6.45) is 4.56. The highest BCUT2D eigenvalue weighted by Crippen LogP contribution is 2.20. The summed E-state index contributed by atoms with van der Waals surface area (Å²) < 4.78 is 0. The number of carboxylic acid groups (broad SMARTS) is 1. The molecule has 0 aromatic heterocycles. The van der Waals surface area contributed by atoms with E-state index in [9.17, 15) is 5.11 Å². The van der Waals surface area contributed by atoms with Crippen LogP contribution in [-0.2, 0) is 4.79 Å². The molecule has 2 rings (SSSR count). The normalized spacial score (nSPS) is 16.3. The number of phenolic OH excluding ortho intramolecular Hbond substituents is 1. The highest BCUT2D eigenvalue weighted by Gasteiger charge is 2.16. The fourth-order valence-electron chi connectivity index (χ4n) is 2.22. The van der Waals surface area contributed by atoms with Gasteiger partial charge in [0.2, 0.25) is 0 Å². The van der Waals surface area contributed by atoms with Crippen LogP contribution in [0.25, 0.3) is 0 Å². The number of phenols is 1. The topological polar surface area (TPSA) is 89.8 Å². The van der Waals surface area contributed by atoms with Crippen molar-refractivity contribution in [1.82, 2.24) is 5.32 Å². The Kier molecular flexibility index (Phi) is 7.04. The largest absolute Gasteiger partial charge is 0.508 e. The second-order valence-corrected chi connectivity index (χ2v) is 5.02. The van der Waals surface area contributed by atoms with E-state index < -0.39 is 12.1 Å². The quantitative estimate of drug-likeness (QED) is 0.678. The molecule has 1 aromatic carbocycles. The maximum absolute atomic E-state index is 9.93. The monoisotopic (exact) mass is 281 g/mol. The van der Waals surface area contributed by atoms with Crippen LogP contribution in [-0.4, -0.2) is 33.9 Å². The molecular weight excluding hydrogens is 258 g/mol. The van der Waals surface area contributed by atoms with Gasteiger partial charge >= 0.3 is 0 Å². The summed E-state index contributed by atoms with van der Waals surface area (Å²) in [4.78, 5) is 9.00. The molecule has 0 spiro atoms. The predicted octanol–water partition coefficient (Wildman–Crippen LogP) is 2.05. The number of hydrogen-bond acceptors (Lipinski definition) is 4. The minimum Gasteiger partial charge on any atom is -0.508 e. The zero-order valence-electron chi connectivity index (χ0n) is 11.7. The van der Waals surface area contributed by atoms with Crippen molar-refractivity contribution in [3.63, 3.8) is 0 Å². The van der Waals surface area contributed by atoms with E-state index in [0.717, 1.165) is 12.5 Å². The zero-order chi connectivity index (χ0) is 15.0. The molecule has 1 aliphatic rings. The molecule has 5 nitrogen and oxygen atoms in total.